The van der Waals surface area contributed by atoms with E-state index in [1.54, 1.807) is 6.07 Å². The van der Waals surface area contributed by atoms with Crippen molar-refractivity contribution in [3.63, 3.8) is 0 Å². The molecule has 0 bridgehead atoms. The first-order valence-corrected chi connectivity index (χ1v) is 5.67. The number of amides is 3. The zero-order chi connectivity index (χ0) is 13.0. The SMILES string of the molecule is Cc1cccc(NC(=O)NC(=O)C(C)Cl)c1C. The first-order valence-electron chi connectivity index (χ1n) is 5.24. The Hall–Kier alpha value is -1.55. The van der Waals surface area contributed by atoms with Gasteiger partial charge in [-0.2, -0.15) is 0 Å². The van der Waals surface area contributed by atoms with Gasteiger partial charge in [-0.1, -0.05) is 12.1 Å². The number of hydrogen-bond acceptors (Lipinski definition) is 2. The van der Waals surface area contributed by atoms with Gasteiger partial charge in [0.1, 0.15) is 5.38 Å². The molecule has 0 spiro atoms. The number of rotatable bonds is 2. The van der Waals surface area contributed by atoms with E-state index in [0.29, 0.717) is 5.69 Å². The van der Waals surface area contributed by atoms with Gasteiger partial charge in [0, 0.05) is 5.69 Å². The van der Waals surface area contributed by atoms with Crippen LogP contribution >= 0.6 is 11.6 Å². The zero-order valence-corrected chi connectivity index (χ0v) is 10.8. The highest BCUT2D eigenvalue weighted by atomic mass is 35.5. The van der Waals surface area contributed by atoms with E-state index in [9.17, 15) is 9.59 Å². The third-order valence-electron chi connectivity index (χ3n) is 2.45. The normalized spacial score (nSPS) is 11.8. The average Bonchev–Trinajstić information content (AvgIpc) is 2.24. The number of alkyl halides is 1. The van der Waals surface area contributed by atoms with Crippen molar-refractivity contribution < 1.29 is 9.59 Å². The molecule has 0 aliphatic rings. The van der Waals surface area contributed by atoms with Gasteiger partial charge >= 0.3 is 6.03 Å². The molecule has 0 aromatic heterocycles. The minimum absolute atomic E-state index is 0.519. The summed E-state index contributed by atoms with van der Waals surface area (Å²) < 4.78 is 0. The minimum Gasteiger partial charge on any atom is -0.307 e. The van der Waals surface area contributed by atoms with E-state index < -0.39 is 17.3 Å². The molecule has 0 saturated carbocycles. The predicted octanol–water partition coefficient (Wildman–Crippen LogP) is 2.58. The molecule has 1 unspecified atom stereocenters. The molecule has 1 rings (SSSR count). The van der Waals surface area contributed by atoms with E-state index in [-0.39, 0.29) is 0 Å². The molecule has 0 aliphatic carbocycles. The Morgan fingerprint density at radius 1 is 1.29 bits per heavy atom. The number of imide groups is 1. The fourth-order valence-corrected chi connectivity index (χ4v) is 1.31. The van der Waals surface area contributed by atoms with Crippen LogP contribution in [0, 0.1) is 13.8 Å². The summed E-state index contributed by atoms with van der Waals surface area (Å²) in [6.45, 7) is 5.35. The Bertz CT molecular complexity index is 444. The lowest BCUT2D eigenvalue weighted by Gasteiger charge is -2.11. The van der Waals surface area contributed by atoms with Gasteiger partial charge in [0.25, 0.3) is 0 Å². The van der Waals surface area contributed by atoms with Crippen molar-refractivity contribution in [1.29, 1.82) is 0 Å². The smallest absolute Gasteiger partial charge is 0.307 e. The molecule has 4 nitrogen and oxygen atoms in total. The van der Waals surface area contributed by atoms with Crippen LogP contribution in [0.5, 0.6) is 0 Å². The van der Waals surface area contributed by atoms with Gasteiger partial charge in [-0.05, 0) is 38.0 Å². The number of carbonyl (C=O) groups is 2. The van der Waals surface area contributed by atoms with Crippen molar-refractivity contribution in [3.05, 3.63) is 29.3 Å². The fraction of sp³-hybridized carbons (Fsp3) is 0.333. The minimum atomic E-state index is -0.737. The molecular formula is C12H15ClN2O2. The van der Waals surface area contributed by atoms with Gasteiger partial charge in [0.2, 0.25) is 5.91 Å². The van der Waals surface area contributed by atoms with Gasteiger partial charge in [0.15, 0.2) is 0 Å². The van der Waals surface area contributed by atoms with Gasteiger partial charge < -0.3 is 5.32 Å². The molecule has 17 heavy (non-hydrogen) atoms. The third kappa shape index (κ3) is 3.75. The van der Waals surface area contributed by atoms with Gasteiger partial charge in [0.05, 0.1) is 0 Å². The number of aryl methyl sites for hydroxylation is 1. The van der Waals surface area contributed by atoms with Gasteiger partial charge in [-0.25, -0.2) is 4.79 Å². The van der Waals surface area contributed by atoms with Crippen molar-refractivity contribution in [2.45, 2.75) is 26.1 Å². The molecule has 5 heteroatoms. The third-order valence-corrected chi connectivity index (χ3v) is 2.65. The van der Waals surface area contributed by atoms with Crippen molar-refractivity contribution >= 4 is 29.2 Å². The van der Waals surface area contributed by atoms with Crippen LogP contribution in [0.1, 0.15) is 18.1 Å². The van der Waals surface area contributed by atoms with Crippen molar-refractivity contribution in [3.8, 4) is 0 Å². The number of carbonyl (C=O) groups excluding carboxylic acids is 2. The molecule has 1 aromatic carbocycles. The number of benzene rings is 1. The van der Waals surface area contributed by atoms with Crippen LogP contribution < -0.4 is 10.6 Å². The van der Waals surface area contributed by atoms with E-state index in [2.05, 4.69) is 10.6 Å². The lowest BCUT2D eigenvalue weighted by Crippen LogP contribution is -2.38. The quantitative estimate of drug-likeness (QED) is 0.797. The van der Waals surface area contributed by atoms with Crippen LogP contribution in [0.3, 0.4) is 0 Å². The first-order chi connectivity index (χ1) is 7.91. The highest BCUT2D eigenvalue weighted by Crippen LogP contribution is 2.17. The first kappa shape index (κ1) is 13.5. The number of anilines is 1. The largest absolute Gasteiger partial charge is 0.325 e. The molecule has 0 heterocycles. The Morgan fingerprint density at radius 2 is 1.94 bits per heavy atom. The van der Waals surface area contributed by atoms with E-state index in [4.69, 9.17) is 11.6 Å². The molecule has 0 aliphatic heterocycles. The van der Waals surface area contributed by atoms with Crippen LogP contribution in [-0.4, -0.2) is 17.3 Å². The molecule has 1 atom stereocenters. The van der Waals surface area contributed by atoms with Gasteiger partial charge in [-0.3, -0.25) is 10.1 Å². The van der Waals surface area contributed by atoms with Crippen LogP contribution in [0.15, 0.2) is 18.2 Å². The second kappa shape index (κ2) is 5.68. The van der Waals surface area contributed by atoms with Crippen molar-refractivity contribution in [2.24, 2.45) is 0 Å². The van der Waals surface area contributed by atoms with Crippen molar-refractivity contribution in [2.75, 3.05) is 5.32 Å². The molecule has 3 amide bonds. The summed E-state index contributed by atoms with van der Waals surface area (Å²) >= 11 is 5.54. The number of nitrogens with one attached hydrogen (secondary N) is 2. The second-order valence-electron chi connectivity index (χ2n) is 3.81. The second-order valence-corrected chi connectivity index (χ2v) is 4.46. The summed E-state index contributed by atoms with van der Waals surface area (Å²) in [6, 6.07) is 4.99. The summed E-state index contributed by atoms with van der Waals surface area (Å²) in [7, 11) is 0. The van der Waals surface area contributed by atoms with Crippen LogP contribution in [0.2, 0.25) is 0 Å². The summed E-state index contributed by atoms with van der Waals surface area (Å²) in [6.07, 6.45) is 0. The average molecular weight is 255 g/mol. The highest BCUT2D eigenvalue weighted by molar-refractivity contribution is 6.31. The fourth-order valence-electron chi connectivity index (χ4n) is 1.25. The van der Waals surface area contributed by atoms with Crippen LogP contribution in [0.4, 0.5) is 10.5 Å². The number of urea groups is 1. The maximum absolute atomic E-state index is 11.5. The predicted molar refractivity (Wildman–Crippen MR) is 68.4 cm³/mol. The summed E-state index contributed by atoms with van der Waals surface area (Å²) in [4.78, 5) is 22.7. The Labute approximate surface area is 105 Å². The number of hydrogen-bond donors (Lipinski definition) is 2. The van der Waals surface area contributed by atoms with E-state index in [1.165, 1.54) is 6.92 Å². The zero-order valence-electron chi connectivity index (χ0n) is 10.0. The summed E-state index contributed by atoms with van der Waals surface area (Å²) in [5.41, 5.74) is 2.71. The Morgan fingerprint density at radius 3 is 2.53 bits per heavy atom. The van der Waals surface area contributed by atoms with E-state index in [0.717, 1.165) is 11.1 Å². The highest BCUT2D eigenvalue weighted by Gasteiger charge is 2.13. The lowest BCUT2D eigenvalue weighted by atomic mass is 10.1. The molecule has 0 radical (unpaired) electrons. The standard InChI is InChI=1S/C12H15ClN2O2/c1-7-5-4-6-10(8(7)2)14-12(17)15-11(16)9(3)13/h4-6,9H,1-3H3,(H2,14,15,16,17). The van der Waals surface area contributed by atoms with E-state index >= 15 is 0 Å². The topological polar surface area (TPSA) is 58.2 Å². The lowest BCUT2D eigenvalue weighted by molar-refractivity contribution is -0.119. The number of halogens is 1. The Kier molecular flexibility index (Phi) is 4.52. The molecule has 2 N–H and O–H groups in total. The van der Waals surface area contributed by atoms with E-state index in [1.807, 2.05) is 26.0 Å². The maximum atomic E-state index is 11.5. The van der Waals surface area contributed by atoms with Gasteiger partial charge in [-0.15, -0.1) is 11.6 Å². The molecular weight excluding hydrogens is 240 g/mol. The molecule has 0 fully saturated rings. The molecule has 92 valence electrons. The maximum Gasteiger partial charge on any atom is 0.325 e. The van der Waals surface area contributed by atoms with Crippen LogP contribution in [-0.2, 0) is 4.79 Å². The molecule has 0 saturated heterocycles. The summed E-state index contributed by atoms with van der Waals surface area (Å²) in [5, 5.41) is 4.02. The van der Waals surface area contributed by atoms with Crippen molar-refractivity contribution in [1.82, 2.24) is 5.32 Å². The molecule has 1 aromatic rings. The summed E-state index contributed by atoms with van der Waals surface area (Å²) in [5.74, 6) is -0.519. The Balaban J connectivity index is 2.69. The monoisotopic (exact) mass is 254 g/mol. The van der Waals surface area contributed by atoms with Crippen LogP contribution in [0.25, 0.3) is 0 Å².